The summed E-state index contributed by atoms with van der Waals surface area (Å²) in [5.41, 5.74) is 2.26. The molecule has 0 spiro atoms. The van der Waals surface area contributed by atoms with Crippen LogP contribution in [-0.4, -0.2) is 64.1 Å². The maximum absolute atomic E-state index is 11.9. The number of pyridine rings is 1. The molecule has 0 saturated carbocycles. The highest BCUT2D eigenvalue weighted by atomic mass is 19.4. The molecule has 0 aromatic carbocycles. The van der Waals surface area contributed by atoms with Crippen molar-refractivity contribution >= 4 is 29.1 Å². The van der Waals surface area contributed by atoms with Crippen molar-refractivity contribution in [3.05, 3.63) is 23.1 Å². The van der Waals surface area contributed by atoms with E-state index in [-0.39, 0.29) is 11.3 Å². The molecule has 3 amide bonds. The van der Waals surface area contributed by atoms with Gasteiger partial charge in [0, 0.05) is 30.2 Å². The molecule has 13 heteroatoms. The van der Waals surface area contributed by atoms with Gasteiger partial charge in [0.1, 0.15) is 17.3 Å². The Morgan fingerprint density at radius 1 is 1.35 bits per heavy atom. The van der Waals surface area contributed by atoms with Gasteiger partial charge in [0.25, 0.3) is 0 Å². The van der Waals surface area contributed by atoms with Crippen LogP contribution in [0.5, 0.6) is 0 Å². The zero-order valence-electron chi connectivity index (χ0n) is 23.7. The summed E-state index contributed by atoms with van der Waals surface area (Å²) in [5.74, 6) is 1.02. The molecule has 2 aromatic heterocycles. The van der Waals surface area contributed by atoms with Gasteiger partial charge in [-0.1, -0.05) is 47.5 Å². The lowest BCUT2D eigenvalue weighted by Gasteiger charge is -2.22. The summed E-state index contributed by atoms with van der Waals surface area (Å²) in [4.78, 5) is 38.4. The first kappa shape index (κ1) is 33.9. The molecule has 3 rings (SSSR count). The fourth-order valence-electron chi connectivity index (χ4n) is 3.61. The van der Waals surface area contributed by atoms with Gasteiger partial charge < -0.3 is 15.5 Å². The minimum atomic E-state index is -4.95. The topological polar surface area (TPSA) is 144 Å². The Balaban J connectivity index is 0.000000353. The van der Waals surface area contributed by atoms with Crippen molar-refractivity contribution in [1.82, 2.24) is 30.7 Å². The molecule has 0 aliphatic carbocycles. The number of alkyl halides is 3. The second-order valence-electron chi connectivity index (χ2n) is 10.7. The maximum Gasteiger partial charge on any atom is 0.471 e. The number of aromatic amines is 1. The van der Waals surface area contributed by atoms with Crippen molar-refractivity contribution in [3.63, 3.8) is 0 Å². The molecule has 40 heavy (non-hydrogen) atoms. The third-order valence-electron chi connectivity index (χ3n) is 6.05. The van der Waals surface area contributed by atoms with Gasteiger partial charge in [0.15, 0.2) is 0 Å². The Morgan fingerprint density at radius 3 is 2.40 bits per heavy atom. The van der Waals surface area contributed by atoms with Crippen LogP contribution in [0, 0.1) is 47.8 Å². The first-order valence-corrected chi connectivity index (χ1v) is 12.5. The Morgan fingerprint density at radius 2 is 1.95 bits per heavy atom. The van der Waals surface area contributed by atoms with Crippen molar-refractivity contribution in [1.29, 1.82) is 5.26 Å². The van der Waals surface area contributed by atoms with Crippen LogP contribution in [0.1, 0.15) is 64.5 Å². The fourth-order valence-corrected chi connectivity index (χ4v) is 3.61. The number of aromatic nitrogens is 3. The summed E-state index contributed by atoms with van der Waals surface area (Å²) >= 11 is 0. The molecule has 1 fully saturated rings. The second-order valence-corrected chi connectivity index (χ2v) is 10.7. The van der Waals surface area contributed by atoms with Gasteiger partial charge in [0.2, 0.25) is 12.3 Å². The summed E-state index contributed by atoms with van der Waals surface area (Å²) in [5, 5.41) is 20.5. The normalized spacial score (nSPS) is 16.4. The number of hydrogen-bond donors (Lipinski definition) is 3. The average molecular weight is 564 g/mol. The van der Waals surface area contributed by atoms with Crippen LogP contribution in [0.2, 0.25) is 0 Å². The van der Waals surface area contributed by atoms with Crippen LogP contribution >= 0.6 is 0 Å². The Hall–Kier alpha value is -4.13. The van der Waals surface area contributed by atoms with Crippen molar-refractivity contribution in [2.24, 2.45) is 17.3 Å². The van der Waals surface area contributed by atoms with Crippen molar-refractivity contribution in [2.75, 3.05) is 19.6 Å². The molecule has 0 bridgehead atoms. The molecular formula is C27H36F3N7O3. The summed E-state index contributed by atoms with van der Waals surface area (Å²) in [6.45, 7) is 14.7. The maximum atomic E-state index is 11.9. The summed E-state index contributed by atoms with van der Waals surface area (Å²) in [7, 11) is 0. The average Bonchev–Trinajstić information content (AvgIpc) is 3.41. The largest absolute Gasteiger partial charge is 0.471 e. The van der Waals surface area contributed by atoms with Gasteiger partial charge in [-0.15, -0.1) is 6.42 Å². The number of amides is 3. The first-order valence-electron chi connectivity index (χ1n) is 12.5. The van der Waals surface area contributed by atoms with E-state index in [1.807, 2.05) is 26.8 Å². The zero-order chi connectivity index (χ0) is 30.8. The standard InChI is InChI=1S/C12H9N5O.C11H17F3N2O2.C4H10/c1-3-9-11-8(10(4-13)15-6-18)5-14-7(2)12(11)17-16-9;1-7-5-16(6-10(7,2)3)8(17)4-15-9(18)11(12,13)14;1-4(2)3/h1,5-6,10H,2H3,(H,15,18)(H,16,17);7H,4-6H2,1-3H3,(H,15,18);4H,1-3H3/t;7-;/m.0./s1. The smallest absolute Gasteiger partial charge is 0.340 e. The molecule has 10 nitrogen and oxygen atoms in total. The molecule has 1 saturated heterocycles. The number of nitriles is 1. The minimum Gasteiger partial charge on any atom is -0.340 e. The lowest BCUT2D eigenvalue weighted by Crippen LogP contribution is -2.44. The highest BCUT2D eigenvalue weighted by Crippen LogP contribution is 2.34. The van der Waals surface area contributed by atoms with E-state index in [0.29, 0.717) is 47.4 Å². The molecule has 1 aliphatic heterocycles. The van der Waals surface area contributed by atoms with Gasteiger partial charge in [-0.05, 0) is 24.2 Å². The predicted octanol–water partition coefficient (Wildman–Crippen LogP) is 3.39. The van der Waals surface area contributed by atoms with E-state index in [9.17, 15) is 27.6 Å². The molecule has 218 valence electrons. The minimum absolute atomic E-state index is 0.0519. The molecule has 3 heterocycles. The van der Waals surface area contributed by atoms with Crippen LogP contribution in [0.25, 0.3) is 10.9 Å². The van der Waals surface area contributed by atoms with E-state index in [2.05, 4.69) is 47.2 Å². The molecular weight excluding hydrogens is 527 g/mol. The van der Waals surface area contributed by atoms with E-state index in [1.165, 1.54) is 11.1 Å². The number of fused-ring (bicyclic) bond motifs is 1. The Bertz CT molecular complexity index is 1270. The van der Waals surface area contributed by atoms with Gasteiger partial charge in [-0.3, -0.25) is 24.5 Å². The third kappa shape index (κ3) is 9.26. The number of hydrogen-bond acceptors (Lipinski definition) is 6. The van der Waals surface area contributed by atoms with Crippen LogP contribution in [0.15, 0.2) is 6.20 Å². The predicted molar refractivity (Wildman–Crippen MR) is 143 cm³/mol. The number of rotatable bonds is 5. The number of likely N-dealkylation sites (tertiary alicyclic amines) is 1. The van der Waals surface area contributed by atoms with Crippen LogP contribution in [0.4, 0.5) is 13.2 Å². The number of carbonyl (C=O) groups is 3. The highest BCUT2D eigenvalue weighted by Gasteiger charge is 2.41. The van der Waals surface area contributed by atoms with Gasteiger partial charge in [0.05, 0.1) is 18.3 Å². The Kier molecular flexibility index (Phi) is 12.1. The summed E-state index contributed by atoms with van der Waals surface area (Å²) < 4.78 is 35.8. The van der Waals surface area contributed by atoms with E-state index < -0.39 is 30.6 Å². The van der Waals surface area contributed by atoms with Crippen LogP contribution in [-0.2, 0) is 14.4 Å². The number of aryl methyl sites for hydroxylation is 1. The number of terminal acetylenes is 1. The fraction of sp³-hybridized carbons (Fsp3) is 0.556. The Labute approximate surface area is 232 Å². The summed E-state index contributed by atoms with van der Waals surface area (Å²) in [6.07, 6.45) is 2.43. The van der Waals surface area contributed by atoms with Crippen molar-refractivity contribution in [3.8, 4) is 18.4 Å². The zero-order valence-corrected chi connectivity index (χ0v) is 23.7. The van der Waals surface area contributed by atoms with E-state index in [1.54, 1.807) is 12.2 Å². The van der Waals surface area contributed by atoms with Gasteiger partial charge in [-0.2, -0.15) is 23.5 Å². The van der Waals surface area contributed by atoms with E-state index >= 15 is 0 Å². The van der Waals surface area contributed by atoms with Crippen molar-refractivity contribution in [2.45, 2.75) is 60.7 Å². The van der Waals surface area contributed by atoms with Gasteiger partial charge in [-0.25, -0.2) is 0 Å². The molecule has 3 N–H and O–H groups in total. The van der Waals surface area contributed by atoms with Gasteiger partial charge >= 0.3 is 12.1 Å². The monoisotopic (exact) mass is 563 g/mol. The van der Waals surface area contributed by atoms with E-state index in [4.69, 9.17) is 11.7 Å². The number of nitrogens with zero attached hydrogens (tertiary/aromatic N) is 4. The SMILES string of the molecule is C#Cc1[nH]nc2c(C)ncc(C(C#N)NC=O)c12.CC(C)C.C[C@H]1CN(C(=O)CNC(=O)C(F)(F)F)CC1(C)C. The number of H-pyrrole nitrogens is 1. The highest BCUT2D eigenvalue weighted by molar-refractivity contribution is 5.89. The third-order valence-corrected chi connectivity index (χ3v) is 6.05. The second kappa shape index (κ2) is 14.3. The molecule has 1 unspecified atom stereocenters. The number of halogens is 3. The lowest BCUT2D eigenvalue weighted by atomic mass is 9.84. The number of carbonyl (C=O) groups excluding carboxylic acids is 3. The molecule has 2 atom stereocenters. The van der Waals surface area contributed by atoms with Crippen LogP contribution in [0.3, 0.4) is 0 Å². The quantitative estimate of drug-likeness (QED) is 0.376. The first-order chi connectivity index (χ1) is 18.5. The lowest BCUT2D eigenvalue weighted by molar-refractivity contribution is -0.174. The van der Waals surface area contributed by atoms with Crippen LogP contribution < -0.4 is 10.6 Å². The summed E-state index contributed by atoms with van der Waals surface area (Å²) in [6, 6.07) is 1.18. The molecule has 0 radical (unpaired) electrons. The molecule has 2 aromatic rings. The van der Waals surface area contributed by atoms with E-state index in [0.717, 1.165) is 5.92 Å². The van der Waals surface area contributed by atoms with Crippen molar-refractivity contribution < 1.29 is 27.6 Å². The molecule has 1 aliphatic rings. The number of nitrogens with one attached hydrogen (secondary N) is 3.